The van der Waals surface area contributed by atoms with Crippen LogP contribution in [0.4, 0.5) is 11.4 Å². The second-order valence-corrected chi connectivity index (χ2v) is 13.1. The van der Waals surface area contributed by atoms with Crippen LogP contribution in [0.1, 0.15) is 13.8 Å². The molecule has 0 aliphatic carbocycles. The topological polar surface area (TPSA) is 140 Å². The second kappa shape index (κ2) is 8.50. The molecule has 0 saturated heterocycles. The number of benzene rings is 2. The van der Waals surface area contributed by atoms with Gasteiger partial charge < -0.3 is 9.80 Å². The summed E-state index contributed by atoms with van der Waals surface area (Å²) in [4.78, 5) is 5.12. The molecule has 4 rings (SSSR count). The van der Waals surface area contributed by atoms with Crippen LogP contribution in [0.5, 0.6) is 0 Å². The molecule has 0 saturated carbocycles. The summed E-state index contributed by atoms with van der Waals surface area (Å²) < 4.78 is 74.3. The van der Waals surface area contributed by atoms with Gasteiger partial charge in [0.15, 0.2) is 0 Å². The predicted molar refractivity (Wildman–Crippen MR) is 124 cm³/mol. The van der Waals surface area contributed by atoms with E-state index < -0.39 is 41.6 Å². The van der Waals surface area contributed by atoms with Crippen molar-refractivity contribution in [2.24, 2.45) is 8.94 Å². The van der Waals surface area contributed by atoms with Crippen molar-refractivity contribution in [1.82, 2.24) is 0 Å². The van der Waals surface area contributed by atoms with Crippen molar-refractivity contribution in [2.45, 2.75) is 33.4 Å². The highest BCUT2D eigenvalue weighted by Gasteiger charge is 2.28. The summed E-state index contributed by atoms with van der Waals surface area (Å²) in [5.74, 6) is 1.08. The van der Waals surface area contributed by atoms with Crippen LogP contribution in [0.2, 0.25) is 0 Å². The maximum Gasteiger partial charge on any atom is 0.294 e. The molecule has 0 spiro atoms. The fraction of sp³-hybridized carbons (Fsp3) is 0.333. The minimum Gasteiger partial charge on any atom is -0.360 e. The number of hydrogen-bond acceptors (Lipinski definition) is 6. The summed E-state index contributed by atoms with van der Waals surface area (Å²) >= 11 is 0. The molecule has 32 heavy (non-hydrogen) atoms. The van der Waals surface area contributed by atoms with Crippen molar-refractivity contribution in [2.75, 3.05) is 34.6 Å². The van der Waals surface area contributed by atoms with E-state index in [1.807, 2.05) is 13.8 Å². The van der Waals surface area contributed by atoms with Gasteiger partial charge in [0.2, 0.25) is 0 Å². The zero-order valence-electron chi connectivity index (χ0n) is 17.2. The number of nitrogens with zero attached hydrogens (tertiary/aromatic N) is 4. The first-order valence-electron chi connectivity index (χ1n) is 9.59. The molecule has 2 aliphatic heterocycles. The summed E-state index contributed by atoms with van der Waals surface area (Å²) in [6, 6.07) is 8.92. The van der Waals surface area contributed by atoms with Gasteiger partial charge in [0.25, 0.3) is 20.2 Å². The lowest BCUT2D eigenvalue weighted by Gasteiger charge is -2.15. The van der Waals surface area contributed by atoms with E-state index in [4.69, 9.17) is 0 Å². The Balaban J connectivity index is 1.80. The highest BCUT2D eigenvalue weighted by molar-refractivity contribution is 7.90. The molecule has 0 amide bonds. The van der Waals surface area contributed by atoms with Gasteiger partial charge >= 0.3 is 0 Å². The molecule has 14 heteroatoms. The van der Waals surface area contributed by atoms with Crippen LogP contribution in [0.3, 0.4) is 0 Å². The molecule has 0 aromatic heterocycles. The maximum absolute atomic E-state index is 11.6. The molecule has 0 fully saturated rings. The zero-order chi connectivity index (χ0) is 23.3. The highest BCUT2D eigenvalue weighted by Crippen LogP contribution is 2.37. The summed E-state index contributed by atoms with van der Waals surface area (Å²) in [5, 5.41) is 0. The van der Waals surface area contributed by atoms with Gasteiger partial charge in [-0.05, 0) is 71.6 Å². The molecule has 2 heterocycles. The Morgan fingerprint density at radius 1 is 0.781 bits per heavy atom. The molecule has 2 unspecified atom stereocenters. The molecule has 2 N–H and O–H groups in total. The largest absolute Gasteiger partial charge is 0.360 e. The average Bonchev–Trinajstić information content (AvgIpc) is 3.27. The Morgan fingerprint density at radius 2 is 1.16 bits per heavy atom. The van der Waals surface area contributed by atoms with Crippen molar-refractivity contribution >= 4 is 53.0 Å². The Bertz CT molecular complexity index is 1270. The van der Waals surface area contributed by atoms with Crippen molar-refractivity contribution < 1.29 is 25.9 Å². The van der Waals surface area contributed by atoms with E-state index in [0.29, 0.717) is 34.6 Å². The Hall–Kier alpha value is -1.84. The normalized spacial score (nSPS) is 20.8. The first-order chi connectivity index (χ1) is 15.0. The lowest BCUT2D eigenvalue weighted by atomic mass is 10.3. The Morgan fingerprint density at radius 3 is 1.47 bits per heavy atom. The van der Waals surface area contributed by atoms with E-state index in [1.54, 1.807) is 12.1 Å². The summed E-state index contributed by atoms with van der Waals surface area (Å²) in [5.41, 5.74) is 1.70. The molecule has 2 aromatic rings. The molecule has 174 valence electrons. The lowest BCUT2D eigenvalue weighted by Crippen LogP contribution is -2.20. The molecule has 2 aromatic carbocycles. The van der Waals surface area contributed by atoms with Crippen LogP contribution in [-0.2, 0) is 41.6 Å². The number of hydrogen-bond donors (Lipinski definition) is 2. The van der Waals surface area contributed by atoms with Crippen molar-refractivity contribution in [3.63, 3.8) is 0 Å². The standard InChI is InChI=1S/C18H22N4O6S4/c1-3-21-11-29(17-9-13(31(23,24)25)5-7-15(17)21)19-20-30-12-22(4-2)16-8-6-14(10-18(16)30)32(26,27)28/h5-10H,3-4,11-12H2,1-2H3,(H,23,24,25)(H,26,27,28). The molecule has 0 radical (unpaired) electrons. The van der Waals surface area contributed by atoms with Crippen LogP contribution in [-0.4, -0.2) is 50.8 Å². The number of anilines is 2. The quantitative estimate of drug-likeness (QED) is 0.455. The SMILES string of the molecule is CCN1CS(=NN=S2CN(CC)c3ccc(S(=O)(=O)O)cc32)c2cc(S(=O)(=O)O)ccc21. The minimum atomic E-state index is -4.34. The molecule has 0 bridgehead atoms. The Kier molecular flexibility index (Phi) is 6.19. The highest BCUT2D eigenvalue weighted by atomic mass is 32.2. The van der Waals surface area contributed by atoms with E-state index in [9.17, 15) is 25.9 Å². The third-order valence-electron chi connectivity index (χ3n) is 5.20. The van der Waals surface area contributed by atoms with Gasteiger partial charge in [-0.1, -0.05) is 0 Å². The third kappa shape index (κ3) is 4.34. The van der Waals surface area contributed by atoms with Crippen LogP contribution in [0.15, 0.2) is 64.9 Å². The van der Waals surface area contributed by atoms with Gasteiger partial charge in [0.1, 0.15) is 0 Å². The first kappa shape index (κ1) is 23.3. The monoisotopic (exact) mass is 518 g/mol. The maximum atomic E-state index is 11.6. The van der Waals surface area contributed by atoms with E-state index in [2.05, 4.69) is 18.7 Å². The van der Waals surface area contributed by atoms with Gasteiger partial charge in [-0.3, -0.25) is 9.11 Å². The molecule has 10 nitrogen and oxygen atoms in total. The van der Waals surface area contributed by atoms with Gasteiger partial charge in [-0.25, -0.2) is 0 Å². The fourth-order valence-corrected chi connectivity index (χ4v) is 8.53. The fourth-order valence-electron chi connectivity index (χ4n) is 3.53. The van der Waals surface area contributed by atoms with Gasteiger partial charge in [0.05, 0.1) is 32.9 Å². The van der Waals surface area contributed by atoms with Crippen LogP contribution in [0, 0.1) is 0 Å². The Labute approximate surface area is 191 Å². The van der Waals surface area contributed by atoms with E-state index in [0.717, 1.165) is 11.4 Å². The summed E-state index contributed by atoms with van der Waals surface area (Å²) in [6.07, 6.45) is 0. The van der Waals surface area contributed by atoms with Crippen molar-refractivity contribution in [3.8, 4) is 0 Å². The first-order valence-corrected chi connectivity index (χ1v) is 15.2. The van der Waals surface area contributed by atoms with Gasteiger partial charge in [-0.15, -0.1) is 8.94 Å². The van der Waals surface area contributed by atoms with Crippen molar-refractivity contribution in [1.29, 1.82) is 0 Å². The van der Waals surface area contributed by atoms with Crippen molar-refractivity contribution in [3.05, 3.63) is 36.4 Å². The van der Waals surface area contributed by atoms with E-state index in [1.165, 1.54) is 24.3 Å². The third-order valence-corrected chi connectivity index (χ3v) is 10.3. The smallest absolute Gasteiger partial charge is 0.294 e. The summed E-state index contributed by atoms with van der Waals surface area (Å²) in [7, 11) is -10.2. The number of rotatable bonds is 5. The van der Waals surface area contributed by atoms with Crippen LogP contribution >= 0.6 is 0 Å². The average molecular weight is 519 g/mol. The molecule has 2 atom stereocenters. The summed E-state index contributed by atoms with van der Waals surface area (Å²) in [6.45, 7) is 5.37. The number of fused-ring (bicyclic) bond motifs is 2. The van der Waals surface area contributed by atoms with E-state index in [-0.39, 0.29) is 9.79 Å². The molecule has 2 aliphatic rings. The minimum absolute atomic E-state index is 0.189. The van der Waals surface area contributed by atoms with Crippen LogP contribution in [0.25, 0.3) is 0 Å². The molecular weight excluding hydrogens is 496 g/mol. The molecular formula is C18H22N4O6S4. The van der Waals surface area contributed by atoms with Gasteiger partial charge in [-0.2, -0.15) is 16.8 Å². The lowest BCUT2D eigenvalue weighted by molar-refractivity contribution is 0.480. The van der Waals surface area contributed by atoms with E-state index >= 15 is 0 Å². The zero-order valence-corrected chi connectivity index (χ0v) is 20.5. The van der Waals surface area contributed by atoms with Crippen LogP contribution < -0.4 is 9.80 Å². The van der Waals surface area contributed by atoms with Gasteiger partial charge in [0, 0.05) is 22.9 Å². The predicted octanol–water partition coefficient (Wildman–Crippen LogP) is 2.71. The second-order valence-electron chi connectivity index (χ2n) is 7.07.